The van der Waals surface area contributed by atoms with E-state index in [0.29, 0.717) is 0 Å². The molecule has 0 aromatic heterocycles. The molecule has 0 radical (unpaired) electrons. The van der Waals surface area contributed by atoms with Crippen LogP contribution in [0.25, 0.3) is 0 Å². The SMILES string of the molecule is O=C1OCC(CO)C(CO)O1. The molecule has 5 heteroatoms. The van der Waals surface area contributed by atoms with E-state index in [-0.39, 0.29) is 25.7 Å². The van der Waals surface area contributed by atoms with Crippen LogP contribution in [0.3, 0.4) is 0 Å². The summed E-state index contributed by atoms with van der Waals surface area (Å²) < 4.78 is 9.05. The minimum Gasteiger partial charge on any atom is -0.434 e. The summed E-state index contributed by atoms with van der Waals surface area (Å²) in [4.78, 5) is 10.5. The predicted octanol–water partition coefficient (Wildman–Crippen LogP) is -0.877. The van der Waals surface area contributed by atoms with Crippen LogP contribution in [-0.4, -0.2) is 42.3 Å². The zero-order chi connectivity index (χ0) is 8.27. The van der Waals surface area contributed by atoms with Gasteiger partial charge in [-0.25, -0.2) is 4.79 Å². The van der Waals surface area contributed by atoms with Crippen molar-refractivity contribution in [3.05, 3.63) is 0 Å². The maximum Gasteiger partial charge on any atom is 0.508 e. The molecule has 2 unspecified atom stereocenters. The molecule has 0 spiro atoms. The van der Waals surface area contributed by atoms with Crippen molar-refractivity contribution < 1.29 is 24.5 Å². The van der Waals surface area contributed by atoms with Gasteiger partial charge in [0.1, 0.15) is 12.7 Å². The Labute approximate surface area is 63.5 Å². The fraction of sp³-hybridized carbons (Fsp3) is 0.833. The first-order valence-electron chi connectivity index (χ1n) is 3.33. The highest BCUT2D eigenvalue weighted by molar-refractivity contribution is 5.60. The molecule has 0 aliphatic carbocycles. The predicted molar refractivity (Wildman–Crippen MR) is 33.9 cm³/mol. The van der Waals surface area contributed by atoms with Gasteiger partial charge in [0.05, 0.1) is 19.1 Å². The van der Waals surface area contributed by atoms with Crippen LogP contribution in [0, 0.1) is 5.92 Å². The summed E-state index contributed by atoms with van der Waals surface area (Å²) in [5, 5.41) is 17.4. The van der Waals surface area contributed by atoms with E-state index in [4.69, 9.17) is 10.2 Å². The van der Waals surface area contributed by atoms with Gasteiger partial charge in [0.25, 0.3) is 0 Å². The third-order valence-electron chi connectivity index (χ3n) is 1.60. The normalized spacial score (nSPS) is 30.9. The van der Waals surface area contributed by atoms with Gasteiger partial charge in [-0.2, -0.15) is 0 Å². The third kappa shape index (κ3) is 1.81. The number of rotatable bonds is 2. The average Bonchev–Trinajstić information content (AvgIpc) is 2.04. The summed E-state index contributed by atoms with van der Waals surface area (Å²) in [6.45, 7) is -0.320. The Hall–Kier alpha value is -0.810. The monoisotopic (exact) mass is 162 g/mol. The standard InChI is InChI=1S/C6H10O5/c7-1-4-3-10-6(9)11-5(4)2-8/h4-5,7-8H,1-3H2. The van der Waals surface area contributed by atoms with Crippen LogP contribution in [0.1, 0.15) is 0 Å². The zero-order valence-corrected chi connectivity index (χ0v) is 5.90. The van der Waals surface area contributed by atoms with Crippen molar-refractivity contribution >= 4 is 6.16 Å². The molecule has 2 atom stereocenters. The van der Waals surface area contributed by atoms with Crippen LogP contribution < -0.4 is 0 Å². The molecule has 0 amide bonds. The highest BCUT2D eigenvalue weighted by Gasteiger charge is 2.30. The summed E-state index contributed by atoms with van der Waals surface area (Å²) in [6, 6.07) is 0. The van der Waals surface area contributed by atoms with Gasteiger partial charge < -0.3 is 19.7 Å². The number of ether oxygens (including phenoxy) is 2. The van der Waals surface area contributed by atoms with Gasteiger partial charge in [0, 0.05) is 0 Å². The van der Waals surface area contributed by atoms with Gasteiger partial charge in [0.2, 0.25) is 0 Å². The van der Waals surface area contributed by atoms with Crippen LogP contribution in [-0.2, 0) is 9.47 Å². The molecule has 2 N–H and O–H groups in total. The first-order chi connectivity index (χ1) is 5.27. The Bertz CT molecular complexity index is 146. The zero-order valence-electron chi connectivity index (χ0n) is 5.90. The number of carbonyl (C=O) groups is 1. The van der Waals surface area contributed by atoms with Crippen molar-refractivity contribution in [1.29, 1.82) is 0 Å². The fourth-order valence-corrected chi connectivity index (χ4v) is 0.893. The van der Waals surface area contributed by atoms with Crippen molar-refractivity contribution in [3.63, 3.8) is 0 Å². The number of hydrogen-bond donors (Lipinski definition) is 2. The topological polar surface area (TPSA) is 76.0 Å². The lowest BCUT2D eigenvalue weighted by molar-refractivity contribution is -0.0883. The summed E-state index contributed by atoms with van der Waals surface area (Å²) in [5.74, 6) is -0.308. The highest BCUT2D eigenvalue weighted by Crippen LogP contribution is 2.14. The van der Waals surface area contributed by atoms with E-state index in [9.17, 15) is 4.79 Å². The van der Waals surface area contributed by atoms with Crippen molar-refractivity contribution in [2.45, 2.75) is 6.10 Å². The van der Waals surface area contributed by atoms with Gasteiger partial charge in [-0.3, -0.25) is 0 Å². The number of hydrogen-bond acceptors (Lipinski definition) is 5. The van der Waals surface area contributed by atoms with E-state index < -0.39 is 12.3 Å². The number of aliphatic hydroxyl groups excluding tert-OH is 2. The molecule has 1 aliphatic heterocycles. The van der Waals surface area contributed by atoms with Crippen LogP contribution in [0.2, 0.25) is 0 Å². The second-order valence-electron chi connectivity index (χ2n) is 2.34. The fourth-order valence-electron chi connectivity index (χ4n) is 0.893. The van der Waals surface area contributed by atoms with Gasteiger partial charge in [-0.15, -0.1) is 0 Å². The summed E-state index contributed by atoms with van der Waals surface area (Å²) in [7, 11) is 0. The molecule has 0 aromatic rings. The Morgan fingerprint density at radius 2 is 2.18 bits per heavy atom. The lowest BCUT2D eigenvalue weighted by Gasteiger charge is -2.27. The molecular formula is C6H10O5. The maximum atomic E-state index is 10.5. The Balaban J connectivity index is 2.48. The van der Waals surface area contributed by atoms with E-state index in [1.807, 2.05) is 0 Å². The van der Waals surface area contributed by atoms with Crippen molar-refractivity contribution in [3.8, 4) is 0 Å². The smallest absolute Gasteiger partial charge is 0.434 e. The highest BCUT2D eigenvalue weighted by atomic mass is 16.7. The number of aliphatic hydroxyl groups is 2. The maximum absolute atomic E-state index is 10.5. The van der Waals surface area contributed by atoms with E-state index in [1.165, 1.54) is 0 Å². The van der Waals surface area contributed by atoms with Gasteiger partial charge in [-0.05, 0) is 0 Å². The second-order valence-corrected chi connectivity index (χ2v) is 2.34. The lowest BCUT2D eigenvalue weighted by atomic mass is 10.1. The van der Waals surface area contributed by atoms with Crippen LogP contribution in [0.15, 0.2) is 0 Å². The minimum absolute atomic E-state index is 0.112. The third-order valence-corrected chi connectivity index (χ3v) is 1.60. The average molecular weight is 162 g/mol. The second kappa shape index (κ2) is 3.54. The van der Waals surface area contributed by atoms with Crippen molar-refractivity contribution in [2.24, 2.45) is 5.92 Å². The van der Waals surface area contributed by atoms with Gasteiger partial charge in [-0.1, -0.05) is 0 Å². The molecule has 0 aromatic carbocycles. The van der Waals surface area contributed by atoms with Crippen LogP contribution >= 0.6 is 0 Å². The van der Waals surface area contributed by atoms with Crippen LogP contribution in [0.4, 0.5) is 4.79 Å². The molecule has 1 aliphatic rings. The van der Waals surface area contributed by atoms with Crippen molar-refractivity contribution in [1.82, 2.24) is 0 Å². The van der Waals surface area contributed by atoms with Crippen molar-refractivity contribution in [2.75, 3.05) is 19.8 Å². The van der Waals surface area contributed by atoms with E-state index in [1.54, 1.807) is 0 Å². The molecule has 1 rings (SSSR count). The molecule has 11 heavy (non-hydrogen) atoms. The molecule has 0 bridgehead atoms. The molecule has 5 nitrogen and oxygen atoms in total. The lowest BCUT2D eigenvalue weighted by Crippen LogP contribution is -2.40. The largest absolute Gasteiger partial charge is 0.508 e. The Morgan fingerprint density at radius 1 is 1.45 bits per heavy atom. The molecule has 1 fully saturated rings. The Morgan fingerprint density at radius 3 is 2.73 bits per heavy atom. The van der Waals surface area contributed by atoms with Gasteiger partial charge in [0.15, 0.2) is 0 Å². The quantitative estimate of drug-likeness (QED) is 0.516. The van der Waals surface area contributed by atoms with Crippen LogP contribution in [0.5, 0.6) is 0 Å². The van der Waals surface area contributed by atoms with Gasteiger partial charge >= 0.3 is 6.16 Å². The van der Waals surface area contributed by atoms with E-state index in [0.717, 1.165) is 0 Å². The number of cyclic esters (lactones) is 2. The number of carbonyl (C=O) groups excluding carboxylic acids is 1. The first kappa shape index (κ1) is 8.29. The molecule has 0 saturated carbocycles. The van der Waals surface area contributed by atoms with E-state index in [2.05, 4.69) is 9.47 Å². The summed E-state index contributed by atoms with van der Waals surface area (Å²) >= 11 is 0. The summed E-state index contributed by atoms with van der Waals surface area (Å²) in [5.41, 5.74) is 0. The molecule has 64 valence electrons. The molecule has 1 heterocycles. The first-order valence-corrected chi connectivity index (χ1v) is 3.33. The Kier molecular flexibility index (Phi) is 2.67. The molecule has 1 saturated heterocycles. The summed E-state index contributed by atoms with van der Waals surface area (Å²) in [6.07, 6.45) is -1.41. The molecular weight excluding hydrogens is 152 g/mol. The van der Waals surface area contributed by atoms with E-state index >= 15 is 0 Å². The minimum atomic E-state index is -0.784.